The Bertz CT molecular complexity index is 972. The fourth-order valence-corrected chi connectivity index (χ4v) is 4.17. The average molecular weight is 403 g/mol. The second-order valence-corrected chi connectivity index (χ2v) is 7.40. The molecule has 0 aromatic heterocycles. The third-order valence-electron chi connectivity index (χ3n) is 4.95. The van der Waals surface area contributed by atoms with Crippen LogP contribution in [0.5, 0.6) is 5.75 Å². The van der Waals surface area contributed by atoms with Crippen molar-refractivity contribution in [2.45, 2.75) is 18.4 Å². The zero-order valence-electron chi connectivity index (χ0n) is 13.9. The lowest BCUT2D eigenvalue weighted by Crippen LogP contribution is -2.48. The van der Waals surface area contributed by atoms with Gasteiger partial charge in [0, 0.05) is 16.6 Å². The van der Waals surface area contributed by atoms with Gasteiger partial charge in [-0.15, -0.1) is 0 Å². The summed E-state index contributed by atoms with van der Waals surface area (Å²) in [5, 5.41) is 15.1. The molecule has 7 heteroatoms. The monoisotopic (exact) mass is 402 g/mol. The van der Waals surface area contributed by atoms with Crippen molar-refractivity contribution >= 4 is 40.8 Å². The van der Waals surface area contributed by atoms with E-state index in [1.165, 1.54) is 12.1 Å². The van der Waals surface area contributed by atoms with Crippen molar-refractivity contribution in [1.82, 2.24) is 0 Å². The van der Waals surface area contributed by atoms with Crippen molar-refractivity contribution in [3.8, 4) is 5.75 Å². The Hall–Kier alpha value is -2.50. The van der Waals surface area contributed by atoms with Gasteiger partial charge in [-0.3, -0.25) is 0 Å². The number of carboxylic acid groups (broad SMARTS) is 1. The Labute approximate surface area is 165 Å². The number of fused-ring (bicyclic) bond motifs is 3. The number of benzene rings is 2. The molecule has 1 aliphatic carbocycles. The number of carbonyl (C=O) groups is 2. The van der Waals surface area contributed by atoms with E-state index in [1.807, 2.05) is 12.2 Å². The summed E-state index contributed by atoms with van der Waals surface area (Å²) in [6.45, 7) is 0. The highest BCUT2D eigenvalue weighted by molar-refractivity contribution is 6.36. The predicted molar refractivity (Wildman–Crippen MR) is 100 cm³/mol. The van der Waals surface area contributed by atoms with Gasteiger partial charge in [0.15, 0.2) is 0 Å². The smallest absolute Gasteiger partial charge is 0.345 e. The first-order valence-electron chi connectivity index (χ1n) is 8.39. The van der Waals surface area contributed by atoms with Crippen LogP contribution in [-0.4, -0.2) is 18.0 Å². The highest BCUT2D eigenvalue weighted by Gasteiger charge is 2.38. The number of carboxylic acids is 1. The summed E-state index contributed by atoms with van der Waals surface area (Å²) in [7, 11) is 0. The summed E-state index contributed by atoms with van der Waals surface area (Å²) < 4.78 is 5.46. The Morgan fingerprint density at radius 1 is 1.15 bits per heavy atom. The third kappa shape index (κ3) is 3.29. The SMILES string of the molecule is O=C(Oc1ccc2c(c1)[C@@H]1C=CC[C@H]1[C@H](C(=O)[O-])N2)c1ccc(Cl)cc1Cl. The lowest BCUT2D eigenvalue weighted by Gasteiger charge is -2.37. The minimum absolute atomic E-state index is 0.0677. The predicted octanol–water partition coefficient (Wildman–Crippen LogP) is 3.42. The lowest BCUT2D eigenvalue weighted by atomic mass is 9.79. The van der Waals surface area contributed by atoms with Crippen LogP contribution in [0.3, 0.4) is 0 Å². The van der Waals surface area contributed by atoms with Gasteiger partial charge in [0.25, 0.3) is 0 Å². The second-order valence-electron chi connectivity index (χ2n) is 6.56. The third-order valence-corrected chi connectivity index (χ3v) is 5.50. The topological polar surface area (TPSA) is 78.5 Å². The molecule has 0 saturated heterocycles. The number of hydrogen-bond donors (Lipinski definition) is 1. The molecule has 0 unspecified atom stereocenters. The van der Waals surface area contributed by atoms with Gasteiger partial charge in [0.1, 0.15) is 5.75 Å². The number of esters is 1. The summed E-state index contributed by atoms with van der Waals surface area (Å²) >= 11 is 11.9. The fourth-order valence-electron chi connectivity index (χ4n) is 3.69. The van der Waals surface area contributed by atoms with Gasteiger partial charge in [-0.25, -0.2) is 4.79 Å². The number of nitrogens with one attached hydrogen (secondary N) is 1. The first-order chi connectivity index (χ1) is 12.9. The van der Waals surface area contributed by atoms with Crippen molar-refractivity contribution in [3.63, 3.8) is 0 Å². The quantitative estimate of drug-likeness (QED) is 0.483. The molecule has 1 N–H and O–H groups in total. The Morgan fingerprint density at radius 3 is 2.70 bits per heavy atom. The Morgan fingerprint density at radius 2 is 1.96 bits per heavy atom. The molecule has 2 aromatic rings. The maximum atomic E-state index is 12.4. The molecule has 2 aromatic carbocycles. The van der Waals surface area contributed by atoms with Gasteiger partial charge in [-0.05, 0) is 54.3 Å². The minimum atomic E-state index is -1.12. The summed E-state index contributed by atoms with van der Waals surface area (Å²) in [4.78, 5) is 23.9. The van der Waals surface area contributed by atoms with Crippen molar-refractivity contribution in [1.29, 1.82) is 0 Å². The van der Waals surface area contributed by atoms with Gasteiger partial charge in [-0.1, -0.05) is 35.4 Å². The van der Waals surface area contributed by atoms with Gasteiger partial charge in [0.2, 0.25) is 0 Å². The number of carbonyl (C=O) groups excluding carboxylic acids is 2. The zero-order chi connectivity index (χ0) is 19.1. The molecule has 4 rings (SSSR count). The number of ether oxygens (including phenoxy) is 1. The molecule has 0 amide bonds. The van der Waals surface area contributed by atoms with E-state index in [0.717, 1.165) is 5.56 Å². The Kier molecular flexibility index (Phi) is 4.58. The highest BCUT2D eigenvalue weighted by Crippen LogP contribution is 2.45. The average Bonchev–Trinajstić information content (AvgIpc) is 3.10. The van der Waals surface area contributed by atoms with Gasteiger partial charge in [0.05, 0.1) is 22.6 Å². The van der Waals surface area contributed by atoms with Crippen molar-refractivity contribution in [2.24, 2.45) is 5.92 Å². The molecule has 0 fully saturated rings. The zero-order valence-corrected chi connectivity index (χ0v) is 15.5. The molecule has 0 saturated carbocycles. The van der Waals surface area contributed by atoms with Crippen LogP contribution in [0.4, 0.5) is 5.69 Å². The van der Waals surface area contributed by atoms with E-state index in [2.05, 4.69) is 5.32 Å². The number of halogens is 2. The second kappa shape index (κ2) is 6.91. The maximum absolute atomic E-state index is 12.4. The van der Waals surface area contributed by atoms with E-state index in [-0.39, 0.29) is 22.4 Å². The van der Waals surface area contributed by atoms with Crippen LogP contribution in [0.15, 0.2) is 48.6 Å². The molecule has 1 heterocycles. The first-order valence-corrected chi connectivity index (χ1v) is 9.15. The molecule has 2 aliphatic rings. The van der Waals surface area contributed by atoms with E-state index < -0.39 is 18.0 Å². The van der Waals surface area contributed by atoms with Gasteiger partial charge in [-0.2, -0.15) is 0 Å². The number of allylic oxidation sites excluding steroid dienone is 2. The standard InChI is InChI=1S/C20H15Cl2NO4/c21-10-4-6-14(16(22)8-10)20(26)27-11-5-7-17-15(9-11)12-2-1-3-13(12)18(23-17)19(24)25/h1-2,4-9,12-13,18,23H,3H2,(H,24,25)/p-1/t12-,13-,18-/m1/s1. The molecule has 0 radical (unpaired) electrons. The molecular formula is C20H14Cl2NO4-. The highest BCUT2D eigenvalue weighted by atomic mass is 35.5. The van der Waals surface area contributed by atoms with Crippen molar-refractivity contribution in [2.75, 3.05) is 5.32 Å². The normalized spacial score (nSPS) is 22.5. The van der Waals surface area contributed by atoms with Gasteiger partial charge < -0.3 is 20.0 Å². The molecule has 3 atom stereocenters. The molecule has 0 spiro atoms. The summed E-state index contributed by atoms with van der Waals surface area (Å²) in [6.07, 6.45) is 4.61. The first kappa shape index (κ1) is 17.9. The van der Waals surface area contributed by atoms with E-state index in [4.69, 9.17) is 27.9 Å². The van der Waals surface area contributed by atoms with Crippen LogP contribution in [0.25, 0.3) is 0 Å². The van der Waals surface area contributed by atoms with E-state index in [1.54, 1.807) is 24.3 Å². The van der Waals surface area contributed by atoms with Gasteiger partial charge >= 0.3 is 5.97 Å². The van der Waals surface area contributed by atoms with Crippen LogP contribution in [-0.2, 0) is 4.79 Å². The molecule has 1 aliphatic heterocycles. The van der Waals surface area contributed by atoms with Crippen LogP contribution in [0, 0.1) is 5.92 Å². The largest absolute Gasteiger partial charge is 0.548 e. The molecule has 138 valence electrons. The fraction of sp³-hybridized carbons (Fsp3) is 0.200. The van der Waals surface area contributed by atoms with Crippen molar-refractivity contribution < 1.29 is 19.4 Å². The number of aliphatic carboxylic acids is 1. The van der Waals surface area contributed by atoms with E-state index >= 15 is 0 Å². The lowest BCUT2D eigenvalue weighted by molar-refractivity contribution is -0.308. The molecule has 0 bridgehead atoms. The maximum Gasteiger partial charge on any atom is 0.345 e. The van der Waals surface area contributed by atoms with E-state index in [0.29, 0.717) is 22.9 Å². The summed E-state index contributed by atoms with van der Waals surface area (Å²) in [5.41, 5.74) is 1.80. The Balaban J connectivity index is 1.62. The molecule has 5 nitrogen and oxygen atoms in total. The van der Waals surface area contributed by atoms with Crippen LogP contribution < -0.4 is 15.2 Å². The van der Waals surface area contributed by atoms with E-state index in [9.17, 15) is 14.7 Å². The van der Waals surface area contributed by atoms with Crippen LogP contribution in [0.2, 0.25) is 10.0 Å². The number of hydrogen-bond acceptors (Lipinski definition) is 5. The summed E-state index contributed by atoms with van der Waals surface area (Å²) in [5.74, 6) is -1.54. The molecule has 27 heavy (non-hydrogen) atoms. The number of rotatable bonds is 3. The number of anilines is 1. The van der Waals surface area contributed by atoms with Crippen LogP contribution in [0.1, 0.15) is 28.3 Å². The summed E-state index contributed by atoms with van der Waals surface area (Å²) in [6, 6.07) is 8.87. The minimum Gasteiger partial charge on any atom is -0.548 e. The van der Waals surface area contributed by atoms with Crippen LogP contribution >= 0.6 is 23.2 Å². The molecular weight excluding hydrogens is 389 g/mol. The van der Waals surface area contributed by atoms with Crippen molar-refractivity contribution in [3.05, 3.63) is 69.7 Å².